The molecule has 0 saturated carbocycles. The highest BCUT2D eigenvalue weighted by atomic mass is 32.1. The second kappa shape index (κ2) is 8.68. The first-order valence-corrected chi connectivity index (χ1v) is 7.18. The van der Waals surface area contributed by atoms with Crippen molar-refractivity contribution in [3.05, 3.63) is 35.4 Å². The van der Waals surface area contributed by atoms with Crippen LogP contribution in [0.2, 0.25) is 0 Å². The Morgan fingerprint density at radius 1 is 1.22 bits per heavy atom. The summed E-state index contributed by atoms with van der Waals surface area (Å²) in [6, 6.07) is 6.15. The van der Waals surface area contributed by atoms with E-state index >= 15 is 0 Å². The first kappa shape index (κ1) is 19.2. The molecule has 0 heterocycles. The SMILES string of the molecule is CC(C)NC(=S)NNC(=O)c1ccc(COCC(F)(F)F)cc1. The van der Waals surface area contributed by atoms with Crippen LogP contribution in [0.4, 0.5) is 13.2 Å². The number of hydrogen-bond acceptors (Lipinski definition) is 3. The molecular formula is C14H18F3N3O2S. The third-order valence-electron chi connectivity index (χ3n) is 2.46. The summed E-state index contributed by atoms with van der Waals surface area (Å²) in [5.74, 6) is -0.416. The smallest absolute Gasteiger partial charge is 0.367 e. The van der Waals surface area contributed by atoms with E-state index in [9.17, 15) is 18.0 Å². The maximum atomic E-state index is 12.0. The number of benzene rings is 1. The number of carbonyl (C=O) groups excluding carboxylic acids is 1. The van der Waals surface area contributed by atoms with Gasteiger partial charge in [0.05, 0.1) is 6.61 Å². The standard InChI is InChI=1S/C14H18F3N3O2S/c1-9(2)18-13(23)20-19-12(21)11-5-3-10(4-6-11)7-22-8-14(15,16)17/h3-6,9H,7-8H2,1-2H3,(H,19,21)(H2,18,20,23). The Kier molecular flexibility index (Phi) is 7.24. The van der Waals surface area contributed by atoms with Crippen molar-refractivity contribution in [2.75, 3.05) is 6.61 Å². The molecule has 0 unspecified atom stereocenters. The van der Waals surface area contributed by atoms with E-state index in [1.165, 1.54) is 24.3 Å². The molecular weight excluding hydrogens is 331 g/mol. The van der Waals surface area contributed by atoms with E-state index in [2.05, 4.69) is 20.9 Å². The molecule has 0 atom stereocenters. The van der Waals surface area contributed by atoms with Crippen molar-refractivity contribution in [2.45, 2.75) is 32.7 Å². The maximum absolute atomic E-state index is 12.0. The molecule has 0 aliphatic carbocycles. The zero-order valence-corrected chi connectivity index (χ0v) is 13.5. The molecule has 0 radical (unpaired) electrons. The molecule has 0 aliphatic rings. The number of thiocarbonyl (C=S) groups is 1. The van der Waals surface area contributed by atoms with Crippen molar-refractivity contribution in [1.29, 1.82) is 0 Å². The number of hydrogen-bond donors (Lipinski definition) is 3. The summed E-state index contributed by atoms with van der Waals surface area (Å²) in [6.45, 7) is 2.31. The van der Waals surface area contributed by atoms with Gasteiger partial charge >= 0.3 is 6.18 Å². The largest absolute Gasteiger partial charge is 0.411 e. The van der Waals surface area contributed by atoms with Gasteiger partial charge in [-0.25, -0.2) is 0 Å². The molecule has 3 N–H and O–H groups in total. The first-order chi connectivity index (χ1) is 10.7. The highest BCUT2D eigenvalue weighted by Gasteiger charge is 2.27. The Morgan fingerprint density at radius 2 is 1.83 bits per heavy atom. The van der Waals surface area contributed by atoms with Crippen LogP contribution in [0.15, 0.2) is 24.3 Å². The zero-order chi connectivity index (χ0) is 17.5. The lowest BCUT2D eigenvalue weighted by molar-refractivity contribution is -0.176. The van der Waals surface area contributed by atoms with Gasteiger partial charge in [-0.2, -0.15) is 13.2 Å². The number of carbonyl (C=O) groups is 1. The van der Waals surface area contributed by atoms with Gasteiger partial charge < -0.3 is 10.1 Å². The van der Waals surface area contributed by atoms with Crippen molar-refractivity contribution in [1.82, 2.24) is 16.2 Å². The van der Waals surface area contributed by atoms with Gasteiger partial charge in [0, 0.05) is 11.6 Å². The third-order valence-corrected chi connectivity index (χ3v) is 2.68. The summed E-state index contributed by atoms with van der Waals surface area (Å²) in [6.07, 6.45) is -4.35. The van der Waals surface area contributed by atoms with Crippen LogP contribution in [0.25, 0.3) is 0 Å². The van der Waals surface area contributed by atoms with Crippen LogP contribution in [0.1, 0.15) is 29.8 Å². The van der Waals surface area contributed by atoms with E-state index in [0.29, 0.717) is 11.1 Å². The fourth-order valence-electron chi connectivity index (χ4n) is 1.52. The van der Waals surface area contributed by atoms with Crippen LogP contribution in [-0.2, 0) is 11.3 Å². The molecule has 1 aromatic rings. The minimum absolute atomic E-state index is 0.128. The molecule has 1 amide bonds. The van der Waals surface area contributed by atoms with Crippen molar-refractivity contribution < 1.29 is 22.7 Å². The highest BCUT2D eigenvalue weighted by molar-refractivity contribution is 7.80. The van der Waals surface area contributed by atoms with E-state index < -0.39 is 18.7 Å². The Labute approximate surface area is 137 Å². The van der Waals surface area contributed by atoms with E-state index in [4.69, 9.17) is 12.2 Å². The average Bonchev–Trinajstić information content (AvgIpc) is 2.43. The van der Waals surface area contributed by atoms with Gasteiger partial charge in [0.15, 0.2) is 5.11 Å². The Bertz CT molecular complexity index is 533. The molecule has 23 heavy (non-hydrogen) atoms. The monoisotopic (exact) mass is 349 g/mol. The number of alkyl halides is 3. The van der Waals surface area contributed by atoms with Gasteiger partial charge in [-0.1, -0.05) is 12.1 Å². The number of ether oxygens (including phenoxy) is 1. The summed E-state index contributed by atoms with van der Waals surface area (Å²) in [4.78, 5) is 11.9. The van der Waals surface area contributed by atoms with Gasteiger partial charge in [0.25, 0.3) is 5.91 Å². The maximum Gasteiger partial charge on any atom is 0.411 e. The molecule has 0 fully saturated rings. The van der Waals surface area contributed by atoms with Gasteiger partial charge in [0.2, 0.25) is 0 Å². The van der Waals surface area contributed by atoms with Crippen molar-refractivity contribution in [2.24, 2.45) is 0 Å². The number of hydrazine groups is 1. The minimum atomic E-state index is -4.35. The predicted molar refractivity (Wildman–Crippen MR) is 83.6 cm³/mol. The molecule has 0 bridgehead atoms. The van der Waals surface area contributed by atoms with Crippen molar-refractivity contribution >= 4 is 23.2 Å². The molecule has 0 aromatic heterocycles. The van der Waals surface area contributed by atoms with Gasteiger partial charge in [-0.15, -0.1) is 0 Å². The lowest BCUT2D eigenvalue weighted by Gasteiger charge is -2.14. The van der Waals surface area contributed by atoms with Gasteiger partial charge in [-0.3, -0.25) is 15.6 Å². The fraction of sp³-hybridized carbons (Fsp3) is 0.429. The Morgan fingerprint density at radius 3 is 2.35 bits per heavy atom. The summed E-state index contributed by atoms with van der Waals surface area (Å²) >= 11 is 4.95. The number of amides is 1. The topological polar surface area (TPSA) is 62.4 Å². The molecule has 0 aliphatic heterocycles. The van der Waals surface area contributed by atoms with Crippen LogP contribution >= 0.6 is 12.2 Å². The summed E-state index contributed by atoms with van der Waals surface area (Å²) in [5, 5.41) is 3.17. The van der Waals surface area contributed by atoms with Crippen LogP contribution in [0.5, 0.6) is 0 Å². The van der Waals surface area contributed by atoms with Crippen LogP contribution < -0.4 is 16.2 Å². The van der Waals surface area contributed by atoms with Crippen molar-refractivity contribution in [3.8, 4) is 0 Å². The number of nitrogens with one attached hydrogen (secondary N) is 3. The number of halogens is 3. The molecule has 1 aromatic carbocycles. The highest BCUT2D eigenvalue weighted by Crippen LogP contribution is 2.15. The first-order valence-electron chi connectivity index (χ1n) is 6.77. The average molecular weight is 349 g/mol. The van der Waals surface area contributed by atoms with Gasteiger partial charge in [0.1, 0.15) is 6.61 Å². The normalized spacial score (nSPS) is 11.2. The lowest BCUT2D eigenvalue weighted by atomic mass is 10.1. The molecule has 128 valence electrons. The predicted octanol–water partition coefficient (Wildman–Crippen LogP) is 2.28. The van der Waals surface area contributed by atoms with Crippen LogP contribution in [-0.4, -0.2) is 29.8 Å². The minimum Gasteiger partial charge on any atom is -0.367 e. The van der Waals surface area contributed by atoms with Gasteiger partial charge in [-0.05, 0) is 43.8 Å². The molecule has 1 rings (SSSR count). The van der Waals surface area contributed by atoms with Crippen molar-refractivity contribution in [3.63, 3.8) is 0 Å². The summed E-state index contributed by atoms with van der Waals surface area (Å²) in [5.41, 5.74) is 5.84. The summed E-state index contributed by atoms with van der Waals surface area (Å²) in [7, 11) is 0. The van der Waals surface area contributed by atoms with E-state index in [1.54, 1.807) is 0 Å². The molecule has 9 heteroatoms. The second-order valence-electron chi connectivity index (χ2n) is 5.01. The quantitative estimate of drug-likeness (QED) is 0.562. The fourth-order valence-corrected chi connectivity index (χ4v) is 1.81. The molecule has 0 saturated heterocycles. The van der Waals surface area contributed by atoms with Crippen LogP contribution in [0.3, 0.4) is 0 Å². The summed E-state index contributed by atoms with van der Waals surface area (Å²) < 4.78 is 40.4. The van der Waals surface area contributed by atoms with E-state index in [1.807, 2.05) is 13.8 Å². The zero-order valence-electron chi connectivity index (χ0n) is 12.7. The van der Waals surface area contributed by atoms with E-state index in [0.717, 1.165) is 0 Å². The van der Waals surface area contributed by atoms with Crippen LogP contribution in [0, 0.1) is 0 Å². The third kappa shape index (κ3) is 8.36. The lowest BCUT2D eigenvalue weighted by Crippen LogP contribution is -2.48. The molecule has 5 nitrogen and oxygen atoms in total. The molecule has 0 spiro atoms. The second-order valence-corrected chi connectivity index (χ2v) is 5.42. The Hall–Kier alpha value is -1.87. The Balaban J connectivity index is 2.43. The van der Waals surface area contributed by atoms with E-state index in [-0.39, 0.29) is 17.8 Å². The number of rotatable bonds is 5.